The minimum atomic E-state index is -1.32. The van der Waals surface area contributed by atoms with Gasteiger partial charge in [0.25, 0.3) is 0 Å². The molecule has 0 unspecified atom stereocenters. The Morgan fingerprint density at radius 2 is 2.09 bits per heavy atom. The summed E-state index contributed by atoms with van der Waals surface area (Å²) in [4.78, 5) is 37.8. The van der Waals surface area contributed by atoms with Crippen molar-refractivity contribution in [2.24, 2.45) is 23.2 Å². The normalized spacial score (nSPS) is 35.3. The molecule has 0 aromatic heterocycles. The molecule has 2 fully saturated rings. The quantitative estimate of drug-likeness (QED) is 0.596. The fourth-order valence-corrected chi connectivity index (χ4v) is 4.32. The number of imide groups is 1. The molecule has 3 aliphatic rings. The Labute approximate surface area is 127 Å². The molecule has 4 rings (SSSR count). The van der Waals surface area contributed by atoms with E-state index in [1.54, 1.807) is 6.07 Å². The number of allylic oxidation sites excluding steroid dienone is 2. The standard InChI is InChI=1S/C17H15NO4/c1-17-11-6-5-9(7-11)13(17)14(19)18(16(17)22)12-4-2-3-10(8-12)15(20)21/h2-6,8-9,11,13H,7H2,1H3,(H,20,21)/p-1/t9-,11+,13+,17+/m0/s1. The molecular formula is C17H14NO4-. The number of anilines is 1. The van der Waals surface area contributed by atoms with Gasteiger partial charge >= 0.3 is 0 Å². The summed E-state index contributed by atoms with van der Waals surface area (Å²) in [5.41, 5.74) is -0.429. The van der Waals surface area contributed by atoms with Crippen LogP contribution < -0.4 is 10.0 Å². The summed E-state index contributed by atoms with van der Waals surface area (Å²) in [5, 5.41) is 11.0. The monoisotopic (exact) mass is 296 g/mol. The topological polar surface area (TPSA) is 77.5 Å². The van der Waals surface area contributed by atoms with Gasteiger partial charge in [-0.25, -0.2) is 4.90 Å². The number of nitrogens with zero attached hydrogens (tertiary/aromatic N) is 1. The fraction of sp³-hybridized carbons (Fsp3) is 0.353. The summed E-state index contributed by atoms with van der Waals surface area (Å²) in [6.45, 7) is 1.86. The molecule has 5 heteroatoms. The molecule has 0 radical (unpaired) electrons. The van der Waals surface area contributed by atoms with Crippen LogP contribution >= 0.6 is 0 Å². The molecule has 1 aromatic carbocycles. The van der Waals surface area contributed by atoms with Crippen LogP contribution in [-0.2, 0) is 9.59 Å². The first-order valence-corrected chi connectivity index (χ1v) is 7.32. The van der Waals surface area contributed by atoms with Crippen molar-refractivity contribution in [1.82, 2.24) is 0 Å². The summed E-state index contributed by atoms with van der Waals surface area (Å²) in [6, 6.07) is 5.81. The maximum absolute atomic E-state index is 12.9. The summed E-state index contributed by atoms with van der Waals surface area (Å²) in [5.74, 6) is -1.90. The van der Waals surface area contributed by atoms with E-state index in [4.69, 9.17) is 0 Å². The highest BCUT2D eigenvalue weighted by atomic mass is 16.4. The molecule has 2 aliphatic carbocycles. The number of amides is 2. The lowest BCUT2D eigenvalue weighted by Crippen LogP contribution is -2.37. The number of carbonyl (C=O) groups excluding carboxylic acids is 3. The van der Waals surface area contributed by atoms with Crippen LogP contribution in [0.3, 0.4) is 0 Å². The zero-order valence-electron chi connectivity index (χ0n) is 12.0. The second kappa shape index (κ2) is 4.06. The molecule has 112 valence electrons. The third-order valence-corrected chi connectivity index (χ3v) is 5.45. The molecule has 2 amide bonds. The van der Waals surface area contributed by atoms with Crippen molar-refractivity contribution < 1.29 is 19.5 Å². The highest BCUT2D eigenvalue weighted by Crippen LogP contribution is 2.60. The van der Waals surface area contributed by atoms with E-state index in [-0.39, 0.29) is 35.1 Å². The van der Waals surface area contributed by atoms with Crippen molar-refractivity contribution in [3.8, 4) is 0 Å². The van der Waals surface area contributed by atoms with Crippen LogP contribution in [-0.4, -0.2) is 17.8 Å². The van der Waals surface area contributed by atoms with Crippen LogP contribution in [0.25, 0.3) is 0 Å². The molecule has 1 aliphatic heterocycles. The molecule has 0 spiro atoms. The first-order valence-electron chi connectivity index (χ1n) is 7.32. The molecule has 1 heterocycles. The van der Waals surface area contributed by atoms with Crippen LogP contribution in [0.1, 0.15) is 23.7 Å². The number of fused-ring (bicyclic) bond motifs is 5. The number of hydrogen-bond donors (Lipinski definition) is 0. The molecule has 0 N–H and O–H groups in total. The first kappa shape index (κ1) is 13.2. The van der Waals surface area contributed by atoms with E-state index in [0.717, 1.165) is 11.3 Å². The Morgan fingerprint density at radius 1 is 1.32 bits per heavy atom. The second-order valence-corrected chi connectivity index (χ2v) is 6.47. The van der Waals surface area contributed by atoms with Crippen LogP contribution in [0.4, 0.5) is 5.69 Å². The van der Waals surface area contributed by atoms with Crippen molar-refractivity contribution in [2.75, 3.05) is 4.90 Å². The predicted octanol–water partition coefficient (Wildman–Crippen LogP) is 0.752. The van der Waals surface area contributed by atoms with Gasteiger partial charge in [-0.15, -0.1) is 0 Å². The highest BCUT2D eigenvalue weighted by molar-refractivity contribution is 6.24. The van der Waals surface area contributed by atoms with Crippen molar-refractivity contribution in [3.63, 3.8) is 0 Å². The number of hydrogen-bond acceptors (Lipinski definition) is 4. The Kier molecular flexibility index (Phi) is 2.45. The maximum Gasteiger partial charge on any atom is 0.241 e. The van der Waals surface area contributed by atoms with Crippen LogP contribution in [0.5, 0.6) is 0 Å². The number of benzene rings is 1. The molecule has 22 heavy (non-hydrogen) atoms. The lowest BCUT2D eigenvalue weighted by atomic mass is 9.71. The second-order valence-electron chi connectivity index (χ2n) is 6.47. The van der Waals surface area contributed by atoms with Crippen LogP contribution in [0, 0.1) is 23.2 Å². The van der Waals surface area contributed by atoms with E-state index < -0.39 is 11.4 Å². The van der Waals surface area contributed by atoms with E-state index >= 15 is 0 Å². The number of carboxylic acid groups (broad SMARTS) is 1. The third kappa shape index (κ3) is 1.41. The van der Waals surface area contributed by atoms with Crippen LogP contribution in [0.15, 0.2) is 36.4 Å². The largest absolute Gasteiger partial charge is 0.545 e. The van der Waals surface area contributed by atoms with Gasteiger partial charge in [0.2, 0.25) is 11.8 Å². The smallest absolute Gasteiger partial charge is 0.241 e. The number of carboxylic acids is 1. The van der Waals surface area contributed by atoms with Gasteiger partial charge in [-0.3, -0.25) is 9.59 Å². The van der Waals surface area contributed by atoms with Gasteiger partial charge in [-0.1, -0.05) is 24.3 Å². The molecule has 1 saturated heterocycles. The zero-order valence-corrected chi connectivity index (χ0v) is 12.0. The third-order valence-electron chi connectivity index (χ3n) is 5.45. The van der Waals surface area contributed by atoms with Gasteiger partial charge < -0.3 is 9.90 Å². The minimum absolute atomic E-state index is 0.0404. The Morgan fingerprint density at radius 3 is 2.77 bits per heavy atom. The maximum atomic E-state index is 12.9. The minimum Gasteiger partial charge on any atom is -0.545 e. The Hall–Kier alpha value is -2.43. The summed E-state index contributed by atoms with van der Waals surface area (Å²) < 4.78 is 0. The van der Waals surface area contributed by atoms with Gasteiger partial charge in [0, 0.05) is 0 Å². The van der Waals surface area contributed by atoms with Gasteiger partial charge in [-0.2, -0.15) is 0 Å². The average molecular weight is 296 g/mol. The van der Waals surface area contributed by atoms with Crippen molar-refractivity contribution in [2.45, 2.75) is 13.3 Å². The van der Waals surface area contributed by atoms with Crippen molar-refractivity contribution in [1.29, 1.82) is 0 Å². The van der Waals surface area contributed by atoms with E-state index in [2.05, 4.69) is 0 Å². The van der Waals surface area contributed by atoms with E-state index in [0.29, 0.717) is 5.69 Å². The molecule has 1 aromatic rings. The fourth-order valence-electron chi connectivity index (χ4n) is 4.32. The number of rotatable bonds is 2. The average Bonchev–Trinajstić information content (AvgIpc) is 3.12. The van der Waals surface area contributed by atoms with E-state index in [1.807, 2.05) is 19.1 Å². The Balaban J connectivity index is 1.79. The Bertz CT molecular complexity index is 753. The first-order chi connectivity index (χ1) is 10.4. The van der Waals surface area contributed by atoms with Gasteiger partial charge in [0.15, 0.2) is 0 Å². The summed E-state index contributed by atoms with van der Waals surface area (Å²) >= 11 is 0. The van der Waals surface area contributed by atoms with Gasteiger partial charge in [0.05, 0.1) is 23.0 Å². The molecule has 1 saturated carbocycles. The molecular weight excluding hydrogens is 282 g/mol. The highest BCUT2D eigenvalue weighted by Gasteiger charge is 2.67. The lowest BCUT2D eigenvalue weighted by Gasteiger charge is -2.28. The summed E-state index contributed by atoms with van der Waals surface area (Å²) in [7, 11) is 0. The lowest BCUT2D eigenvalue weighted by molar-refractivity contribution is -0.255. The van der Waals surface area contributed by atoms with Gasteiger partial charge in [0.1, 0.15) is 0 Å². The van der Waals surface area contributed by atoms with E-state index in [1.165, 1.54) is 18.2 Å². The summed E-state index contributed by atoms with van der Waals surface area (Å²) in [6.07, 6.45) is 4.92. The molecule has 2 bridgehead atoms. The zero-order chi connectivity index (χ0) is 15.6. The SMILES string of the molecule is C[C@]12C(=O)N(c3cccc(C(=O)[O-])c3)C(=O)[C@H]1[C@H]1C=C[C@@H]2C1. The van der Waals surface area contributed by atoms with Crippen LogP contribution in [0.2, 0.25) is 0 Å². The van der Waals surface area contributed by atoms with Crippen molar-refractivity contribution >= 4 is 23.5 Å². The number of carbonyl (C=O) groups is 3. The molecule has 5 nitrogen and oxygen atoms in total. The number of aromatic carboxylic acids is 1. The predicted molar refractivity (Wildman–Crippen MR) is 75.6 cm³/mol. The van der Waals surface area contributed by atoms with Crippen molar-refractivity contribution in [3.05, 3.63) is 42.0 Å². The molecule has 4 atom stereocenters. The van der Waals surface area contributed by atoms with E-state index in [9.17, 15) is 19.5 Å². The van der Waals surface area contributed by atoms with Gasteiger partial charge in [-0.05, 0) is 42.9 Å².